The van der Waals surface area contributed by atoms with Crippen molar-refractivity contribution >= 4 is 17.3 Å². The van der Waals surface area contributed by atoms with Gasteiger partial charge in [-0.3, -0.25) is 4.79 Å². The Morgan fingerprint density at radius 3 is 2.68 bits per heavy atom. The van der Waals surface area contributed by atoms with E-state index >= 15 is 0 Å². The lowest BCUT2D eigenvalue weighted by atomic mass is 10.1. The molecule has 1 rings (SSSR count). The second-order valence-electron chi connectivity index (χ2n) is 4.62. The van der Waals surface area contributed by atoms with E-state index in [1.54, 1.807) is 18.2 Å². The number of amides is 1. The van der Waals surface area contributed by atoms with Crippen molar-refractivity contribution in [2.24, 2.45) is 0 Å². The number of nitrogens with two attached hydrogens (primary N) is 1. The van der Waals surface area contributed by atoms with E-state index in [1.165, 1.54) is 0 Å². The number of carbonyl (C=O) groups is 1. The van der Waals surface area contributed by atoms with Gasteiger partial charge in [-0.15, -0.1) is 0 Å². The number of nitrogen functional groups attached to an aromatic ring is 1. The van der Waals surface area contributed by atoms with E-state index in [0.717, 1.165) is 5.69 Å². The van der Waals surface area contributed by atoms with Gasteiger partial charge in [0.25, 0.3) is 0 Å². The fourth-order valence-electron chi connectivity index (χ4n) is 1.78. The Hall–Kier alpha value is -2.22. The van der Waals surface area contributed by atoms with Crippen LogP contribution in [0.1, 0.15) is 26.3 Å². The smallest absolute Gasteiger partial charge is 0.239 e. The largest absolute Gasteiger partial charge is 0.398 e. The van der Waals surface area contributed by atoms with Gasteiger partial charge in [-0.25, -0.2) is 0 Å². The zero-order valence-electron chi connectivity index (χ0n) is 11.6. The van der Waals surface area contributed by atoms with Crippen LogP contribution < -0.4 is 16.0 Å². The second-order valence-corrected chi connectivity index (χ2v) is 4.62. The minimum atomic E-state index is -0.0280. The van der Waals surface area contributed by atoms with E-state index in [2.05, 4.69) is 5.32 Å². The lowest BCUT2D eigenvalue weighted by Gasteiger charge is -2.23. The average Bonchev–Trinajstić information content (AvgIpc) is 2.35. The molecule has 3 N–H and O–H groups in total. The molecule has 0 fully saturated rings. The van der Waals surface area contributed by atoms with Crippen molar-refractivity contribution < 1.29 is 4.79 Å². The molecule has 0 saturated carbocycles. The first-order valence-electron chi connectivity index (χ1n) is 6.31. The first kappa shape index (κ1) is 14.8. The molecular weight excluding hydrogens is 240 g/mol. The Morgan fingerprint density at radius 2 is 2.21 bits per heavy atom. The molecule has 0 aliphatic heterocycles. The summed E-state index contributed by atoms with van der Waals surface area (Å²) in [7, 11) is 0. The van der Waals surface area contributed by atoms with Crippen molar-refractivity contribution in [1.82, 2.24) is 5.32 Å². The summed E-state index contributed by atoms with van der Waals surface area (Å²) in [5, 5.41) is 11.7. The number of nitrogens with one attached hydrogen (secondary N) is 1. The van der Waals surface area contributed by atoms with E-state index < -0.39 is 0 Å². The quantitative estimate of drug-likeness (QED) is 0.786. The van der Waals surface area contributed by atoms with Gasteiger partial charge in [0.15, 0.2) is 0 Å². The molecule has 0 radical (unpaired) electrons. The second kappa shape index (κ2) is 6.64. The van der Waals surface area contributed by atoms with Crippen molar-refractivity contribution in [2.75, 3.05) is 23.7 Å². The zero-order valence-corrected chi connectivity index (χ0v) is 11.6. The summed E-state index contributed by atoms with van der Waals surface area (Å²) >= 11 is 0. The first-order valence-corrected chi connectivity index (χ1v) is 6.31. The number of likely N-dealkylation sites (N-methyl/N-ethyl adjacent to an activating group) is 1. The third kappa shape index (κ3) is 4.18. The molecule has 0 bridgehead atoms. The number of hydrogen-bond acceptors (Lipinski definition) is 4. The first-order chi connectivity index (χ1) is 8.97. The number of carbonyl (C=O) groups excluding carboxylic acids is 1. The summed E-state index contributed by atoms with van der Waals surface area (Å²) in [6.07, 6.45) is 0. The van der Waals surface area contributed by atoms with E-state index in [9.17, 15) is 4.79 Å². The highest BCUT2D eigenvalue weighted by Crippen LogP contribution is 2.20. The van der Waals surface area contributed by atoms with Crippen LogP contribution in [0.4, 0.5) is 11.4 Å². The van der Waals surface area contributed by atoms with Gasteiger partial charge < -0.3 is 16.0 Å². The Morgan fingerprint density at radius 1 is 1.53 bits per heavy atom. The normalized spacial score (nSPS) is 10.1. The third-order valence-electron chi connectivity index (χ3n) is 2.69. The Kier molecular flexibility index (Phi) is 5.19. The van der Waals surface area contributed by atoms with Crippen molar-refractivity contribution in [3.05, 3.63) is 23.8 Å². The van der Waals surface area contributed by atoms with E-state index in [4.69, 9.17) is 11.0 Å². The predicted molar refractivity (Wildman–Crippen MR) is 76.7 cm³/mol. The molecule has 0 aliphatic rings. The number of hydrogen-bond donors (Lipinski definition) is 2. The van der Waals surface area contributed by atoms with Crippen LogP contribution in [0.3, 0.4) is 0 Å². The molecule has 19 heavy (non-hydrogen) atoms. The molecule has 0 aliphatic carbocycles. The standard InChI is InChI=1S/C14H20N4O/c1-4-18(9-14(19)17-10(2)3)12-6-5-11(8-15)13(16)7-12/h5-7,10H,4,9,16H2,1-3H3,(H,17,19). The fraction of sp³-hybridized carbons (Fsp3) is 0.429. The monoisotopic (exact) mass is 260 g/mol. The zero-order chi connectivity index (χ0) is 14.4. The van der Waals surface area contributed by atoms with Crippen molar-refractivity contribution in [2.45, 2.75) is 26.8 Å². The van der Waals surface area contributed by atoms with Crippen LogP contribution in [0, 0.1) is 11.3 Å². The number of nitriles is 1. The minimum absolute atomic E-state index is 0.0280. The lowest BCUT2D eigenvalue weighted by molar-refractivity contribution is -0.120. The van der Waals surface area contributed by atoms with Crippen LogP contribution in [0.25, 0.3) is 0 Å². The van der Waals surface area contributed by atoms with Crippen LogP contribution in [-0.4, -0.2) is 25.0 Å². The molecule has 102 valence electrons. The molecule has 0 heterocycles. The number of benzene rings is 1. The fourth-order valence-corrected chi connectivity index (χ4v) is 1.78. The topological polar surface area (TPSA) is 82.2 Å². The summed E-state index contributed by atoms with van der Waals surface area (Å²) in [5.41, 5.74) is 7.51. The van der Waals surface area contributed by atoms with Gasteiger partial charge >= 0.3 is 0 Å². The van der Waals surface area contributed by atoms with E-state index in [0.29, 0.717) is 17.8 Å². The van der Waals surface area contributed by atoms with Crippen molar-refractivity contribution in [3.63, 3.8) is 0 Å². The third-order valence-corrected chi connectivity index (χ3v) is 2.69. The molecule has 0 atom stereocenters. The van der Waals surface area contributed by atoms with Gasteiger partial charge in [0.2, 0.25) is 5.91 Å². The molecule has 1 amide bonds. The van der Waals surface area contributed by atoms with Gasteiger partial charge in [-0.1, -0.05) is 0 Å². The molecule has 0 saturated heterocycles. The lowest BCUT2D eigenvalue weighted by Crippen LogP contribution is -2.40. The average molecular weight is 260 g/mol. The highest BCUT2D eigenvalue weighted by Gasteiger charge is 2.12. The molecule has 1 aromatic rings. The van der Waals surface area contributed by atoms with Crippen LogP contribution >= 0.6 is 0 Å². The maximum Gasteiger partial charge on any atom is 0.239 e. The number of nitrogens with zero attached hydrogens (tertiary/aromatic N) is 2. The highest BCUT2D eigenvalue weighted by atomic mass is 16.2. The molecule has 0 aromatic heterocycles. The van der Waals surface area contributed by atoms with Crippen molar-refractivity contribution in [1.29, 1.82) is 5.26 Å². The Balaban J connectivity index is 2.83. The Labute approximate surface area is 114 Å². The Bertz CT molecular complexity index is 491. The van der Waals surface area contributed by atoms with Gasteiger partial charge in [0, 0.05) is 18.3 Å². The number of anilines is 2. The predicted octanol–water partition coefficient (Wildman–Crippen LogP) is 1.49. The number of rotatable bonds is 5. The van der Waals surface area contributed by atoms with E-state index in [-0.39, 0.29) is 18.5 Å². The maximum atomic E-state index is 11.8. The molecule has 0 spiro atoms. The summed E-state index contributed by atoms with van der Waals surface area (Å²) in [4.78, 5) is 13.7. The highest BCUT2D eigenvalue weighted by molar-refractivity contribution is 5.82. The van der Waals surface area contributed by atoms with E-state index in [1.807, 2.05) is 31.7 Å². The summed E-state index contributed by atoms with van der Waals surface area (Å²) in [6.45, 7) is 6.79. The SMILES string of the molecule is CCN(CC(=O)NC(C)C)c1ccc(C#N)c(N)c1. The molecular formula is C14H20N4O. The molecule has 1 aromatic carbocycles. The van der Waals surface area contributed by atoms with Crippen LogP contribution in [0.2, 0.25) is 0 Å². The van der Waals surface area contributed by atoms with Crippen molar-refractivity contribution in [3.8, 4) is 6.07 Å². The van der Waals surface area contributed by atoms with Gasteiger partial charge in [0.1, 0.15) is 6.07 Å². The summed E-state index contributed by atoms with van der Waals surface area (Å²) < 4.78 is 0. The van der Waals surface area contributed by atoms with Gasteiger partial charge in [0.05, 0.1) is 17.8 Å². The van der Waals surface area contributed by atoms with Gasteiger partial charge in [-0.2, -0.15) is 5.26 Å². The van der Waals surface area contributed by atoms with Crippen LogP contribution in [-0.2, 0) is 4.79 Å². The van der Waals surface area contributed by atoms with Gasteiger partial charge in [-0.05, 0) is 39.0 Å². The molecule has 5 nitrogen and oxygen atoms in total. The molecule has 5 heteroatoms. The van der Waals surface area contributed by atoms with Crippen LogP contribution in [0.5, 0.6) is 0 Å². The molecule has 0 unspecified atom stereocenters. The summed E-state index contributed by atoms with van der Waals surface area (Å²) in [6, 6.07) is 7.35. The minimum Gasteiger partial charge on any atom is -0.398 e. The summed E-state index contributed by atoms with van der Waals surface area (Å²) in [5.74, 6) is -0.0280. The van der Waals surface area contributed by atoms with Crippen LogP contribution in [0.15, 0.2) is 18.2 Å². The maximum absolute atomic E-state index is 11.8.